The monoisotopic (exact) mass is 274 g/mol. The maximum Gasteiger partial charge on any atom is 0.133 e. The minimum atomic E-state index is 0.496. The van der Waals surface area contributed by atoms with E-state index in [0.717, 1.165) is 28.4 Å². The third-order valence-corrected chi connectivity index (χ3v) is 3.56. The Balaban J connectivity index is 2.05. The van der Waals surface area contributed by atoms with Crippen LogP contribution in [0.15, 0.2) is 24.3 Å². The predicted molar refractivity (Wildman–Crippen MR) is 75.7 cm³/mol. The van der Waals surface area contributed by atoms with Gasteiger partial charge in [0.05, 0.1) is 12.8 Å². The van der Waals surface area contributed by atoms with Crippen molar-refractivity contribution >= 4 is 11.6 Å². The first-order valence-corrected chi connectivity index (χ1v) is 6.74. The molecule has 0 N–H and O–H groups in total. The van der Waals surface area contributed by atoms with E-state index in [9.17, 15) is 0 Å². The standard InChI is InChI=1S/C15H15ClN2O/c1-9-7-11(19-2)5-6-12(9)13-8-14(16)18-15(17-13)10-3-4-10/h5-8,10H,3-4H2,1-2H3. The highest BCUT2D eigenvalue weighted by atomic mass is 35.5. The molecule has 98 valence electrons. The van der Waals surface area contributed by atoms with Crippen molar-refractivity contribution in [3.63, 3.8) is 0 Å². The lowest BCUT2D eigenvalue weighted by molar-refractivity contribution is 0.414. The zero-order valence-corrected chi connectivity index (χ0v) is 11.7. The lowest BCUT2D eigenvalue weighted by Crippen LogP contribution is -1.97. The summed E-state index contributed by atoms with van der Waals surface area (Å²) in [5.74, 6) is 2.22. The molecule has 0 spiro atoms. The van der Waals surface area contributed by atoms with Crippen molar-refractivity contribution in [2.24, 2.45) is 0 Å². The Bertz CT molecular complexity index is 624. The van der Waals surface area contributed by atoms with Gasteiger partial charge in [-0.2, -0.15) is 0 Å². The molecule has 1 aliphatic carbocycles. The third kappa shape index (κ3) is 2.56. The maximum absolute atomic E-state index is 6.11. The summed E-state index contributed by atoms with van der Waals surface area (Å²) < 4.78 is 5.22. The fourth-order valence-corrected chi connectivity index (χ4v) is 2.34. The molecule has 1 aromatic carbocycles. The average Bonchev–Trinajstić information content (AvgIpc) is 3.22. The largest absolute Gasteiger partial charge is 0.497 e. The topological polar surface area (TPSA) is 35.0 Å². The molecule has 1 saturated carbocycles. The number of aromatic nitrogens is 2. The average molecular weight is 275 g/mol. The van der Waals surface area contributed by atoms with Crippen LogP contribution in [-0.4, -0.2) is 17.1 Å². The molecule has 3 nitrogen and oxygen atoms in total. The molecule has 4 heteroatoms. The minimum absolute atomic E-state index is 0.496. The molecule has 0 aliphatic heterocycles. The Morgan fingerprint density at radius 3 is 2.63 bits per heavy atom. The van der Waals surface area contributed by atoms with Crippen LogP contribution in [0, 0.1) is 6.92 Å². The summed E-state index contributed by atoms with van der Waals surface area (Å²) in [7, 11) is 1.67. The summed E-state index contributed by atoms with van der Waals surface area (Å²) in [5.41, 5.74) is 3.09. The lowest BCUT2D eigenvalue weighted by atomic mass is 10.1. The van der Waals surface area contributed by atoms with Gasteiger partial charge in [-0.3, -0.25) is 0 Å². The van der Waals surface area contributed by atoms with Crippen LogP contribution in [0.1, 0.15) is 30.1 Å². The highest BCUT2D eigenvalue weighted by Gasteiger charge is 2.27. The molecule has 2 aromatic rings. The second-order valence-electron chi connectivity index (χ2n) is 4.89. The lowest BCUT2D eigenvalue weighted by Gasteiger charge is -2.09. The van der Waals surface area contributed by atoms with Gasteiger partial charge in [0.25, 0.3) is 0 Å². The Kier molecular flexibility index (Phi) is 3.15. The Labute approximate surface area is 117 Å². The number of ether oxygens (including phenoxy) is 1. The van der Waals surface area contributed by atoms with Crippen LogP contribution in [-0.2, 0) is 0 Å². The Morgan fingerprint density at radius 2 is 2.00 bits per heavy atom. The fraction of sp³-hybridized carbons (Fsp3) is 0.333. The number of halogens is 1. The molecule has 1 fully saturated rings. The molecule has 0 saturated heterocycles. The summed E-state index contributed by atoms with van der Waals surface area (Å²) in [5, 5.41) is 0.516. The second-order valence-corrected chi connectivity index (χ2v) is 5.28. The molecule has 0 amide bonds. The summed E-state index contributed by atoms with van der Waals surface area (Å²) >= 11 is 6.11. The van der Waals surface area contributed by atoms with Gasteiger partial charge in [-0.05, 0) is 43.5 Å². The van der Waals surface area contributed by atoms with Gasteiger partial charge in [0, 0.05) is 17.5 Å². The van der Waals surface area contributed by atoms with Crippen molar-refractivity contribution in [2.45, 2.75) is 25.7 Å². The molecular formula is C15H15ClN2O. The highest BCUT2D eigenvalue weighted by molar-refractivity contribution is 6.29. The smallest absolute Gasteiger partial charge is 0.133 e. The second kappa shape index (κ2) is 4.82. The molecular weight excluding hydrogens is 260 g/mol. The van der Waals surface area contributed by atoms with Crippen molar-refractivity contribution in [3.05, 3.63) is 40.8 Å². The van der Waals surface area contributed by atoms with Crippen LogP contribution in [0.4, 0.5) is 0 Å². The van der Waals surface area contributed by atoms with E-state index < -0.39 is 0 Å². The number of rotatable bonds is 3. The Hall–Kier alpha value is -1.61. The minimum Gasteiger partial charge on any atom is -0.497 e. The van der Waals surface area contributed by atoms with E-state index in [2.05, 4.69) is 9.97 Å². The van der Waals surface area contributed by atoms with Gasteiger partial charge in [0.2, 0.25) is 0 Å². The summed E-state index contributed by atoms with van der Waals surface area (Å²) in [4.78, 5) is 8.96. The van der Waals surface area contributed by atoms with Crippen LogP contribution in [0.2, 0.25) is 5.15 Å². The molecule has 1 aromatic heterocycles. The van der Waals surface area contributed by atoms with Crippen LogP contribution in [0.3, 0.4) is 0 Å². The number of hydrogen-bond donors (Lipinski definition) is 0. The summed E-state index contributed by atoms with van der Waals surface area (Å²) in [6, 6.07) is 7.78. The van der Waals surface area contributed by atoms with E-state index in [-0.39, 0.29) is 0 Å². The van der Waals surface area contributed by atoms with Crippen LogP contribution >= 0.6 is 11.6 Å². The van der Waals surface area contributed by atoms with Crippen LogP contribution in [0.25, 0.3) is 11.3 Å². The van der Waals surface area contributed by atoms with Gasteiger partial charge >= 0.3 is 0 Å². The zero-order chi connectivity index (χ0) is 13.4. The van der Waals surface area contributed by atoms with E-state index in [1.165, 1.54) is 12.8 Å². The van der Waals surface area contributed by atoms with Crippen molar-refractivity contribution in [1.29, 1.82) is 0 Å². The summed E-state index contributed by atoms with van der Waals surface area (Å²) in [6.07, 6.45) is 2.34. The summed E-state index contributed by atoms with van der Waals surface area (Å²) in [6.45, 7) is 2.05. The maximum atomic E-state index is 6.11. The van der Waals surface area contributed by atoms with Crippen LogP contribution in [0.5, 0.6) is 5.75 Å². The van der Waals surface area contributed by atoms with E-state index in [0.29, 0.717) is 11.1 Å². The van der Waals surface area contributed by atoms with Gasteiger partial charge in [-0.15, -0.1) is 0 Å². The van der Waals surface area contributed by atoms with E-state index >= 15 is 0 Å². The molecule has 1 aliphatic rings. The SMILES string of the molecule is COc1ccc(-c2cc(Cl)nc(C3CC3)n2)c(C)c1. The van der Waals surface area contributed by atoms with Crippen molar-refractivity contribution in [2.75, 3.05) is 7.11 Å². The number of aryl methyl sites for hydroxylation is 1. The first kappa shape index (κ1) is 12.4. The van der Waals surface area contributed by atoms with Crippen LogP contribution < -0.4 is 4.74 Å². The van der Waals surface area contributed by atoms with Gasteiger partial charge in [0.15, 0.2) is 0 Å². The van der Waals surface area contributed by atoms with Crippen molar-refractivity contribution in [3.8, 4) is 17.0 Å². The Morgan fingerprint density at radius 1 is 1.21 bits per heavy atom. The van der Waals surface area contributed by atoms with Gasteiger partial charge in [-0.25, -0.2) is 9.97 Å². The molecule has 0 bridgehead atoms. The molecule has 1 heterocycles. The molecule has 19 heavy (non-hydrogen) atoms. The van der Waals surface area contributed by atoms with Crippen molar-refractivity contribution in [1.82, 2.24) is 9.97 Å². The van der Waals surface area contributed by atoms with E-state index in [4.69, 9.17) is 16.3 Å². The molecule has 0 atom stereocenters. The molecule has 0 radical (unpaired) electrons. The number of methoxy groups -OCH3 is 1. The van der Waals surface area contributed by atoms with Gasteiger partial charge < -0.3 is 4.74 Å². The zero-order valence-electron chi connectivity index (χ0n) is 11.0. The number of benzene rings is 1. The van der Waals surface area contributed by atoms with Gasteiger partial charge in [0.1, 0.15) is 16.7 Å². The highest BCUT2D eigenvalue weighted by Crippen LogP contribution is 2.39. The fourth-order valence-electron chi connectivity index (χ4n) is 2.15. The number of hydrogen-bond acceptors (Lipinski definition) is 3. The first-order chi connectivity index (χ1) is 9.17. The predicted octanol–water partition coefficient (Wildman–Crippen LogP) is 3.99. The van der Waals surface area contributed by atoms with Crippen molar-refractivity contribution < 1.29 is 4.74 Å². The van der Waals surface area contributed by atoms with Gasteiger partial charge in [-0.1, -0.05) is 11.6 Å². The van der Waals surface area contributed by atoms with E-state index in [1.54, 1.807) is 7.11 Å². The molecule has 3 rings (SSSR count). The van der Waals surface area contributed by atoms with E-state index in [1.807, 2.05) is 31.2 Å². The quantitative estimate of drug-likeness (QED) is 0.794. The third-order valence-electron chi connectivity index (χ3n) is 3.36. The molecule has 0 unspecified atom stereocenters. The first-order valence-electron chi connectivity index (χ1n) is 6.37. The normalized spacial score (nSPS) is 14.5. The number of nitrogens with zero attached hydrogens (tertiary/aromatic N) is 2.